The SMILES string of the molecule is ClP(Cl)CP(CP(Cl)Cl)CP(CP(Cl)Cl)CP(Cl)Cl. The molecule has 0 aliphatic heterocycles. The fourth-order valence-corrected chi connectivity index (χ4v) is 26.1. The molecule has 0 unspecified atom stereocenters. The summed E-state index contributed by atoms with van der Waals surface area (Å²) in [5.74, 6) is 4.13. The van der Waals surface area contributed by atoms with E-state index in [-0.39, 0.29) is 0 Å². The van der Waals surface area contributed by atoms with Crippen LogP contribution in [0.25, 0.3) is 0 Å². The molecule has 0 atom stereocenters. The average Bonchev–Trinajstić information content (AvgIpc) is 2.11. The van der Waals surface area contributed by atoms with Gasteiger partial charge in [0.1, 0.15) is 0 Å². The van der Waals surface area contributed by atoms with E-state index in [1.54, 1.807) is 0 Å². The van der Waals surface area contributed by atoms with E-state index in [9.17, 15) is 0 Å². The van der Waals surface area contributed by atoms with Crippen molar-refractivity contribution in [3.05, 3.63) is 0 Å². The smallest absolute Gasteiger partial charge is 0.0888 e. The third-order valence-electron chi connectivity index (χ3n) is 1.63. The number of hydrogen-bond donors (Lipinski definition) is 0. The summed E-state index contributed by atoms with van der Waals surface area (Å²) in [4.78, 5) is 0. The van der Waals surface area contributed by atoms with E-state index in [4.69, 9.17) is 89.9 Å². The van der Waals surface area contributed by atoms with Crippen LogP contribution in [0.3, 0.4) is 0 Å². The first kappa shape index (κ1) is 23.9. The highest BCUT2D eigenvalue weighted by atomic mass is 35.9. The highest BCUT2D eigenvalue weighted by molar-refractivity contribution is 8.14. The maximum absolute atomic E-state index is 5.93. The van der Waals surface area contributed by atoms with E-state index in [1.807, 2.05) is 0 Å². The van der Waals surface area contributed by atoms with Crippen molar-refractivity contribution in [2.75, 3.05) is 29.5 Å². The normalized spacial score (nSPS) is 12.9. The molecule has 14 heteroatoms. The topological polar surface area (TPSA) is 0 Å². The van der Waals surface area contributed by atoms with E-state index < -0.39 is 42.4 Å². The van der Waals surface area contributed by atoms with Crippen molar-refractivity contribution in [1.82, 2.24) is 0 Å². The monoisotopic (exact) mass is 536 g/mol. The molecule has 0 radical (unpaired) electrons. The summed E-state index contributed by atoms with van der Waals surface area (Å²) in [7, 11) is -0.791. The summed E-state index contributed by atoms with van der Waals surface area (Å²) in [6.07, 6.45) is 0. The largest absolute Gasteiger partial charge is 0.0898 e. The Morgan fingerprint density at radius 1 is 0.368 bits per heavy atom. The Balaban J connectivity index is 4.51. The molecular weight excluding hydrogens is 530 g/mol. The molecule has 0 saturated carbocycles. The Morgan fingerprint density at radius 3 is 0.737 bits per heavy atom. The average molecular weight is 540 g/mol. The van der Waals surface area contributed by atoms with Gasteiger partial charge in [0.05, 0.1) is 26.5 Å². The van der Waals surface area contributed by atoms with Crippen LogP contribution in [0.2, 0.25) is 0 Å². The van der Waals surface area contributed by atoms with Crippen LogP contribution in [-0.4, -0.2) is 29.5 Å². The molecular formula is C5H10Cl8P6. The fraction of sp³-hybridized carbons (Fsp3) is 1.00. The molecule has 0 aromatic carbocycles. The molecule has 19 heavy (non-hydrogen) atoms. The second-order valence-corrected chi connectivity index (χ2v) is 25.9. The molecule has 116 valence electrons. The van der Waals surface area contributed by atoms with Gasteiger partial charge in [-0.05, 0) is 5.90 Å². The van der Waals surface area contributed by atoms with E-state index >= 15 is 0 Å². The molecule has 0 amide bonds. The minimum atomic E-state index is -0.986. The molecule has 0 saturated heterocycles. The predicted molar refractivity (Wildman–Crippen MR) is 113 cm³/mol. The van der Waals surface area contributed by atoms with Crippen LogP contribution in [0.1, 0.15) is 0 Å². The van der Waals surface area contributed by atoms with Crippen molar-refractivity contribution in [2.24, 2.45) is 0 Å². The second kappa shape index (κ2) is 14.1. The molecule has 0 nitrogen and oxygen atoms in total. The Morgan fingerprint density at radius 2 is 0.579 bits per heavy atom. The van der Waals surface area contributed by atoms with Crippen molar-refractivity contribution >= 4 is 132 Å². The maximum Gasteiger partial charge on any atom is 0.0898 e. The van der Waals surface area contributed by atoms with Crippen molar-refractivity contribution in [3.8, 4) is 0 Å². The first-order valence-electron chi connectivity index (χ1n) is 4.51. The van der Waals surface area contributed by atoms with Gasteiger partial charge in [0.25, 0.3) is 0 Å². The lowest BCUT2D eigenvalue weighted by molar-refractivity contribution is 1.84. The van der Waals surface area contributed by atoms with Crippen molar-refractivity contribution in [1.29, 1.82) is 0 Å². The van der Waals surface area contributed by atoms with Gasteiger partial charge in [-0.3, -0.25) is 0 Å². The zero-order chi connectivity index (χ0) is 15.0. The number of hydrogen-bond acceptors (Lipinski definition) is 0. The molecule has 0 N–H and O–H groups in total. The van der Waals surface area contributed by atoms with E-state index in [1.165, 1.54) is 0 Å². The van der Waals surface area contributed by atoms with E-state index in [0.717, 1.165) is 29.5 Å². The first-order valence-corrected chi connectivity index (χ1v) is 21.7. The molecule has 0 fully saturated rings. The molecule has 0 heterocycles. The summed E-state index contributed by atoms with van der Waals surface area (Å²) in [6.45, 7) is -3.95. The summed E-state index contributed by atoms with van der Waals surface area (Å²) in [5, 5.41) is 0. The van der Waals surface area contributed by atoms with Gasteiger partial charge in [-0.25, -0.2) is 0 Å². The summed E-state index contributed by atoms with van der Waals surface area (Å²) >= 11 is 47.4. The number of halogens is 8. The molecule has 0 spiro atoms. The first-order chi connectivity index (χ1) is 8.70. The minimum absolute atomic E-state index is 0.395. The highest BCUT2D eigenvalue weighted by Gasteiger charge is 2.23. The van der Waals surface area contributed by atoms with Crippen LogP contribution in [0.4, 0.5) is 0 Å². The van der Waals surface area contributed by atoms with Crippen LogP contribution in [-0.2, 0) is 0 Å². The molecule has 0 rings (SSSR count). The molecule has 0 aromatic rings. The summed E-state index contributed by atoms with van der Waals surface area (Å²) in [5.41, 5.74) is 0. The summed E-state index contributed by atoms with van der Waals surface area (Å²) < 4.78 is 0. The Labute approximate surface area is 160 Å². The Bertz CT molecular complexity index is 188. The fourth-order valence-electron chi connectivity index (χ4n) is 1.16. The third-order valence-corrected chi connectivity index (χ3v) is 22.3. The Hall–Kier alpha value is 4.90. The van der Waals surface area contributed by atoms with Gasteiger partial charge in [0, 0.05) is 23.6 Å². The van der Waals surface area contributed by atoms with Gasteiger partial charge >= 0.3 is 0 Å². The van der Waals surface area contributed by atoms with Crippen LogP contribution in [0, 0.1) is 0 Å². The van der Waals surface area contributed by atoms with Crippen LogP contribution in [0.5, 0.6) is 0 Å². The lowest BCUT2D eigenvalue weighted by Crippen LogP contribution is -1.92. The van der Waals surface area contributed by atoms with Crippen LogP contribution in [0.15, 0.2) is 0 Å². The molecule has 0 aliphatic rings. The van der Waals surface area contributed by atoms with E-state index in [2.05, 4.69) is 0 Å². The van der Waals surface area contributed by atoms with Gasteiger partial charge in [-0.1, -0.05) is 106 Å². The van der Waals surface area contributed by atoms with Gasteiger partial charge in [0.2, 0.25) is 0 Å². The van der Waals surface area contributed by atoms with Gasteiger partial charge in [-0.2, -0.15) is 0 Å². The highest BCUT2D eigenvalue weighted by Crippen LogP contribution is 2.72. The number of rotatable bonds is 10. The standard InChI is InChI=1S/C5H10Cl8P6/c6-16(7)2-14(3-17(8)9)1-15(4-18(10)11)5-19(12)13/h1-5H2. The van der Waals surface area contributed by atoms with E-state index in [0.29, 0.717) is 0 Å². The maximum atomic E-state index is 5.93. The lowest BCUT2D eigenvalue weighted by atomic mass is 11.8. The lowest BCUT2D eigenvalue weighted by Gasteiger charge is -2.25. The molecule has 0 bridgehead atoms. The molecule has 0 aliphatic carbocycles. The Kier molecular flexibility index (Phi) is 17.7. The zero-order valence-corrected chi connectivity index (χ0v) is 20.7. The molecule has 0 aromatic heterocycles. The zero-order valence-electron chi connectivity index (χ0n) is 9.24. The van der Waals surface area contributed by atoms with Crippen molar-refractivity contribution in [3.63, 3.8) is 0 Å². The van der Waals surface area contributed by atoms with Crippen LogP contribution < -0.4 is 0 Å². The van der Waals surface area contributed by atoms with Crippen molar-refractivity contribution in [2.45, 2.75) is 0 Å². The predicted octanol–water partition coefficient (Wildman–Crippen LogP) is 10.9. The van der Waals surface area contributed by atoms with Crippen molar-refractivity contribution < 1.29 is 0 Å². The second-order valence-electron chi connectivity index (χ2n) is 3.26. The van der Waals surface area contributed by atoms with Crippen LogP contribution >= 0.6 is 132 Å². The summed E-state index contributed by atoms with van der Waals surface area (Å²) in [6, 6.07) is 0. The van der Waals surface area contributed by atoms with Gasteiger partial charge in [0.15, 0.2) is 0 Å². The minimum Gasteiger partial charge on any atom is -0.0888 e. The quantitative estimate of drug-likeness (QED) is 0.242. The van der Waals surface area contributed by atoms with Gasteiger partial charge in [-0.15, -0.1) is 0 Å². The third kappa shape index (κ3) is 16.1. The van der Waals surface area contributed by atoms with Gasteiger partial charge < -0.3 is 0 Å².